The Labute approximate surface area is 106 Å². The van der Waals surface area contributed by atoms with E-state index in [1.54, 1.807) is 0 Å². The van der Waals surface area contributed by atoms with E-state index >= 15 is 0 Å². The van der Waals surface area contributed by atoms with Gasteiger partial charge in [-0.15, -0.1) is 0 Å². The molecule has 1 aromatic rings. The van der Waals surface area contributed by atoms with Gasteiger partial charge in [-0.3, -0.25) is 0 Å². The summed E-state index contributed by atoms with van der Waals surface area (Å²) in [6.45, 7) is 13.3. The highest BCUT2D eigenvalue weighted by Crippen LogP contribution is 2.29. The van der Waals surface area contributed by atoms with Gasteiger partial charge in [-0.05, 0) is 55.7 Å². The first-order valence-electron chi connectivity index (χ1n) is 6.54. The van der Waals surface area contributed by atoms with E-state index in [2.05, 4.69) is 53.7 Å². The smallest absolute Gasteiger partial charge is 0.0300 e. The summed E-state index contributed by atoms with van der Waals surface area (Å²) in [6, 6.07) is 4.65. The fraction of sp³-hybridized carbons (Fsp3) is 0.625. The molecular weight excluding hydrogens is 206 g/mol. The second-order valence-electron chi connectivity index (χ2n) is 6.52. The Morgan fingerprint density at radius 1 is 1.06 bits per heavy atom. The lowest BCUT2D eigenvalue weighted by atomic mass is 9.85. The maximum Gasteiger partial charge on any atom is 0.0300 e. The lowest BCUT2D eigenvalue weighted by Gasteiger charge is -2.23. The lowest BCUT2D eigenvalue weighted by molar-refractivity contribution is 0.349. The van der Waals surface area contributed by atoms with Crippen LogP contribution in [0.25, 0.3) is 0 Å². The molecule has 1 nitrogen and oxygen atoms in total. The average Bonchev–Trinajstić information content (AvgIpc) is 2.11. The normalized spacial score (nSPS) is 13.8. The summed E-state index contributed by atoms with van der Waals surface area (Å²) in [5.41, 5.74) is 12.1. The molecule has 0 spiro atoms. The van der Waals surface area contributed by atoms with Gasteiger partial charge in [0.2, 0.25) is 0 Å². The number of hydrogen-bond acceptors (Lipinski definition) is 1. The van der Waals surface area contributed by atoms with Gasteiger partial charge in [-0.25, -0.2) is 0 Å². The second kappa shape index (κ2) is 5.22. The summed E-state index contributed by atoms with van der Waals surface area (Å²) < 4.78 is 0. The largest absolute Gasteiger partial charge is 0.324 e. The number of nitrogens with two attached hydrogens (primary N) is 1. The van der Waals surface area contributed by atoms with Gasteiger partial charge in [0, 0.05) is 6.04 Å². The summed E-state index contributed by atoms with van der Waals surface area (Å²) in [5.74, 6) is 0. The zero-order chi connectivity index (χ0) is 13.2. The molecule has 0 amide bonds. The van der Waals surface area contributed by atoms with Crippen molar-refractivity contribution < 1.29 is 0 Å². The lowest BCUT2D eigenvalue weighted by Crippen LogP contribution is -2.17. The van der Waals surface area contributed by atoms with Gasteiger partial charge in [0.05, 0.1) is 0 Å². The monoisotopic (exact) mass is 233 g/mol. The van der Waals surface area contributed by atoms with E-state index in [1.807, 2.05) is 0 Å². The third kappa shape index (κ3) is 4.16. The Hall–Kier alpha value is -0.820. The molecule has 0 saturated carbocycles. The molecule has 0 radical (unpaired) electrons. The maximum absolute atomic E-state index is 6.35. The highest BCUT2D eigenvalue weighted by molar-refractivity contribution is 5.39. The van der Waals surface area contributed by atoms with Gasteiger partial charge in [0.1, 0.15) is 0 Å². The van der Waals surface area contributed by atoms with Crippen molar-refractivity contribution in [3.05, 3.63) is 34.4 Å². The Balaban J connectivity index is 2.86. The quantitative estimate of drug-likeness (QED) is 0.820. The van der Waals surface area contributed by atoms with Crippen molar-refractivity contribution in [3.8, 4) is 0 Å². The minimum Gasteiger partial charge on any atom is -0.324 e. The Bertz CT molecular complexity index is 362. The molecule has 0 aliphatic carbocycles. The van der Waals surface area contributed by atoms with Crippen LogP contribution in [-0.2, 0) is 0 Å². The minimum absolute atomic E-state index is 0.176. The Morgan fingerprint density at radius 2 is 1.53 bits per heavy atom. The second-order valence-corrected chi connectivity index (χ2v) is 6.52. The highest BCUT2D eigenvalue weighted by atomic mass is 14.6. The van der Waals surface area contributed by atoms with Crippen molar-refractivity contribution in [3.63, 3.8) is 0 Å². The topological polar surface area (TPSA) is 26.0 Å². The van der Waals surface area contributed by atoms with E-state index in [1.165, 1.54) is 28.7 Å². The molecule has 0 fully saturated rings. The maximum atomic E-state index is 6.35. The minimum atomic E-state index is 0.176. The summed E-state index contributed by atoms with van der Waals surface area (Å²) in [4.78, 5) is 0. The number of rotatable bonds is 3. The molecule has 0 bridgehead atoms. The Morgan fingerprint density at radius 3 is 1.94 bits per heavy atom. The van der Waals surface area contributed by atoms with Gasteiger partial charge in [-0.2, -0.15) is 0 Å². The predicted molar refractivity (Wildman–Crippen MR) is 76.3 cm³/mol. The van der Waals surface area contributed by atoms with Crippen LogP contribution < -0.4 is 5.73 Å². The van der Waals surface area contributed by atoms with Crippen LogP contribution in [0.1, 0.15) is 61.9 Å². The van der Waals surface area contributed by atoms with Crippen molar-refractivity contribution in [2.45, 2.75) is 60.4 Å². The van der Waals surface area contributed by atoms with Gasteiger partial charge in [0.15, 0.2) is 0 Å². The molecule has 1 unspecified atom stereocenters. The van der Waals surface area contributed by atoms with Crippen molar-refractivity contribution >= 4 is 0 Å². The van der Waals surface area contributed by atoms with E-state index in [9.17, 15) is 0 Å². The van der Waals surface area contributed by atoms with Crippen LogP contribution in [0.15, 0.2) is 12.1 Å². The molecule has 96 valence electrons. The van der Waals surface area contributed by atoms with Gasteiger partial charge < -0.3 is 5.73 Å². The molecule has 1 rings (SSSR count). The first-order chi connectivity index (χ1) is 7.70. The molecule has 0 aliphatic heterocycles. The number of hydrogen-bond donors (Lipinski definition) is 1. The summed E-state index contributed by atoms with van der Waals surface area (Å²) in [5, 5.41) is 0. The summed E-state index contributed by atoms with van der Waals surface area (Å²) in [7, 11) is 0. The summed E-state index contributed by atoms with van der Waals surface area (Å²) >= 11 is 0. The van der Waals surface area contributed by atoms with Crippen LogP contribution >= 0.6 is 0 Å². The van der Waals surface area contributed by atoms with Crippen LogP contribution in [-0.4, -0.2) is 0 Å². The van der Waals surface area contributed by atoms with Crippen molar-refractivity contribution in [2.75, 3.05) is 0 Å². The van der Waals surface area contributed by atoms with E-state index < -0.39 is 0 Å². The van der Waals surface area contributed by atoms with Crippen LogP contribution in [0.3, 0.4) is 0 Å². The number of aryl methyl sites for hydroxylation is 3. The first kappa shape index (κ1) is 14.2. The third-order valence-electron chi connectivity index (χ3n) is 3.31. The van der Waals surface area contributed by atoms with Crippen LogP contribution in [0.4, 0.5) is 0 Å². The molecule has 0 saturated heterocycles. The molecule has 0 aliphatic rings. The fourth-order valence-corrected chi connectivity index (χ4v) is 2.51. The van der Waals surface area contributed by atoms with Gasteiger partial charge in [-0.1, -0.05) is 38.5 Å². The van der Waals surface area contributed by atoms with Crippen molar-refractivity contribution in [1.82, 2.24) is 0 Å². The van der Waals surface area contributed by atoms with Crippen LogP contribution in [0.2, 0.25) is 0 Å². The van der Waals surface area contributed by atoms with Gasteiger partial charge in [0.25, 0.3) is 0 Å². The first-order valence-corrected chi connectivity index (χ1v) is 6.54. The highest BCUT2D eigenvalue weighted by Gasteiger charge is 2.16. The predicted octanol–water partition coefficient (Wildman–Crippen LogP) is 4.44. The number of benzene rings is 1. The van der Waals surface area contributed by atoms with Gasteiger partial charge >= 0.3 is 0 Å². The SMILES string of the molecule is Cc1cc(C)c(C(N)CCC(C)(C)C)c(C)c1. The zero-order valence-electron chi connectivity index (χ0n) is 12.2. The Kier molecular flexibility index (Phi) is 4.37. The van der Waals surface area contributed by atoms with Crippen molar-refractivity contribution in [1.29, 1.82) is 0 Å². The average molecular weight is 233 g/mol. The molecule has 0 heterocycles. The molecule has 1 aromatic carbocycles. The van der Waals surface area contributed by atoms with Crippen LogP contribution in [0, 0.1) is 26.2 Å². The fourth-order valence-electron chi connectivity index (χ4n) is 2.51. The van der Waals surface area contributed by atoms with E-state index in [4.69, 9.17) is 5.73 Å². The van der Waals surface area contributed by atoms with E-state index in [0.717, 1.165) is 6.42 Å². The molecule has 0 aromatic heterocycles. The van der Waals surface area contributed by atoms with Crippen molar-refractivity contribution in [2.24, 2.45) is 11.1 Å². The van der Waals surface area contributed by atoms with Crippen LogP contribution in [0.5, 0.6) is 0 Å². The molecular formula is C16H27N. The standard InChI is InChI=1S/C16H27N/c1-11-9-12(2)15(13(3)10-11)14(17)7-8-16(4,5)6/h9-10,14H,7-8,17H2,1-6H3. The molecule has 1 heteroatoms. The molecule has 2 N–H and O–H groups in total. The molecule has 17 heavy (non-hydrogen) atoms. The molecule has 1 atom stereocenters. The zero-order valence-corrected chi connectivity index (χ0v) is 12.2. The van der Waals surface area contributed by atoms with E-state index in [0.29, 0.717) is 5.41 Å². The summed E-state index contributed by atoms with van der Waals surface area (Å²) in [6.07, 6.45) is 2.23. The third-order valence-corrected chi connectivity index (χ3v) is 3.31. The van der Waals surface area contributed by atoms with E-state index in [-0.39, 0.29) is 6.04 Å².